The highest BCUT2D eigenvalue weighted by atomic mass is 16.6. The van der Waals surface area contributed by atoms with Gasteiger partial charge in [0.15, 0.2) is 5.79 Å². The van der Waals surface area contributed by atoms with Gasteiger partial charge in [-0.1, -0.05) is 101 Å². The molecule has 14 unspecified atom stereocenters. The summed E-state index contributed by atoms with van der Waals surface area (Å²) in [7, 11) is 0. The van der Waals surface area contributed by atoms with Crippen molar-refractivity contribution in [2.24, 2.45) is 29.6 Å². The molecule has 2 rings (SSSR count). The highest BCUT2D eigenvalue weighted by Gasteiger charge is 2.41. The topological polar surface area (TPSA) is 194 Å². The summed E-state index contributed by atoms with van der Waals surface area (Å²) < 4.78 is 12.2. The Morgan fingerprint density at radius 3 is 2.29 bits per heavy atom. The number of fused-ring (bicyclic) bond motifs is 2. The molecule has 336 valence electrons. The second-order valence-corrected chi connectivity index (χ2v) is 17.9. The van der Waals surface area contributed by atoms with Gasteiger partial charge in [0.1, 0.15) is 11.9 Å². The molecule has 0 aromatic carbocycles. The summed E-state index contributed by atoms with van der Waals surface area (Å²) >= 11 is 0. The molecule has 0 aromatic rings. The van der Waals surface area contributed by atoms with Gasteiger partial charge in [-0.2, -0.15) is 0 Å². The Kier molecular flexibility index (Phi) is 22.4. The van der Waals surface area contributed by atoms with E-state index in [9.17, 15) is 45.3 Å². The van der Waals surface area contributed by atoms with E-state index >= 15 is 0 Å². The van der Waals surface area contributed by atoms with E-state index in [1.54, 1.807) is 40.7 Å². The number of hydrogen-bond donors (Lipinski definition) is 7. The second-order valence-electron chi connectivity index (χ2n) is 17.9. The highest BCUT2D eigenvalue weighted by Crippen LogP contribution is 2.37. The van der Waals surface area contributed by atoms with Crippen molar-refractivity contribution in [1.29, 1.82) is 0 Å². The molecule has 0 radical (unpaired) electrons. The zero-order valence-electron chi connectivity index (χ0n) is 37.5. The first-order valence-corrected chi connectivity index (χ1v) is 21.8. The van der Waals surface area contributed by atoms with Crippen molar-refractivity contribution in [3.63, 3.8) is 0 Å². The molecule has 7 N–H and O–H groups in total. The van der Waals surface area contributed by atoms with Crippen LogP contribution < -0.4 is 0 Å². The van der Waals surface area contributed by atoms with Gasteiger partial charge < -0.3 is 45.2 Å². The maximum absolute atomic E-state index is 13.5. The Bertz CT molecular complexity index is 1510. The first kappa shape index (κ1) is 52.4. The number of Topliss-reactive ketones (excluding diaryl/α,β-unsaturated/α-hetero) is 1. The lowest BCUT2D eigenvalue weighted by Gasteiger charge is -2.41. The first-order chi connectivity index (χ1) is 27.6. The van der Waals surface area contributed by atoms with Crippen molar-refractivity contribution < 1.29 is 54.8 Å². The fraction of sp³-hybridized carbons (Fsp3) is 0.708. The predicted octanol–water partition coefficient (Wildman–Crippen LogP) is 6.73. The molecule has 0 aliphatic carbocycles. The minimum absolute atomic E-state index is 0.0661. The Morgan fingerprint density at radius 1 is 0.949 bits per heavy atom. The van der Waals surface area contributed by atoms with E-state index in [0.29, 0.717) is 42.4 Å². The van der Waals surface area contributed by atoms with E-state index in [1.807, 2.05) is 71.1 Å². The molecule has 11 heteroatoms. The van der Waals surface area contributed by atoms with Gasteiger partial charge in [0.2, 0.25) is 0 Å². The monoisotopic (exact) mass is 831 g/mol. The molecule has 11 nitrogen and oxygen atoms in total. The van der Waals surface area contributed by atoms with Crippen molar-refractivity contribution in [3.05, 3.63) is 70.9 Å². The number of aliphatic hydroxyl groups excluding tert-OH is 6. The minimum atomic E-state index is -1.41. The fourth-order valence-electron chi connectivity index (χ4n) is 7.60. The minimum Gasteiger partial charge on any atom is -0.459 e. The van der Waals surface area contributed by atoms with Crippen molar-refractivity contribution >= 4 is 11.8 Å². The molecule has 0 aromatic heterocycles. The SMILES string of the molecule is CCC(O)C(C)C(O)CC(O)C(O)C=C(C)CC(C)C1CC(O)C(C)C=CC=CCC(C)C(=O)CC2CCC(C)C(O)(CC=C(C)C=C(C)C(O)CC=C(C)C(=O)O1)O2. The van der Waals surface area contributed by atoms with Gasteiger partial charge >= 0.3 is 5.97 Å². The third kappa shape index (κ3) is 17.6. The molecule has 0 amide bonds. The van der Waals surface area contributed by atoms with Crippen LogP contribution in [-0.2, 0) is 19.1 Å². The normalized spacial score (nSPS) is 32.5. The van der Waals surface area contributed by atoms with Gasteiger partial charge in [0.05, 0.1) is 42.7 Å². The summed E-state index contributed by atoms with van der Waals surface area (Å²) in [6.07, 6.45) is 10.5. The van der Waals surface area contributed by atoms with E-state index in [0.717, 1.165) is 12.0 Å². The second kappa shape index (κ2) is 25.3. The zero-order chi connectivity index (χ0) is 44.6. The Balaban J connectivity index is 2.35. The number of carbonyl (C=O) groups excluding carboxylic acids is 2. The van der Waals surface area contributed by atoms with Crippen LogP contribution in [0.3, 0.4) is 0 Å². The van der Waals surface area contributed by atoms with Crippen molar-refractivity contribution in [2.75, 3.05) is 0 Å². The lowest BCUT2D eigenvalue weighted by molar-refractivity contribution is -0.277. The van der Waals surface area contributed by atoms with Crippen LogP contribution in [0.2, 0.25) is 0 Å². The number of hydrogen-bond acceptors (Lipinski definition) is 11. The van der Waals surface area contributed by atoms with E-state index in [1.165, 1.54) is 6.08 Å². The van der Waals surface area contributed by atoms with E-state index in [2.05, 4.69) is 0 Å². The van der Waals surface area contributed by atoms with Gasteiger partial charge in [-0.25, -0.2) is 4.79 Å². The molecule has 2 heterocycles. The van der Waals surface area contributed by atoms with Crippen LogP contribution in [0, 0.1) is 29.6 Å². The van der Waals surface area contributed by atoms with E-state index in [-0.39, 0.29) is 67.7 Å². The molecule has 0 spiro atoms. The van der Waals surface area contributed by atoms with Crippen LogP contribution in [0.25, 0.3) is 0 Å². The average molecular weight is 831 g/mol. The Labute approximate surface area is 354 Å². The summed E-state index contributed by atoms with van der Waals surface area (Å²) in [4.78, 5) is 26.7. The van der Waals surface area contributed by atoms with E-state index < -0.39 is 60.4 Å². The van der Waals surface area contributed by atoms with Gasteiger partial charge in [-0.3, -0.25) is 4.79 Å². The third-order valence-electron chi connectivity index (χ3n) is 12.4. The molecular formula is C48H78O11. The summed E-state index contributed by atoms with van der Waals surface area (Å²) in [5.41, 5.74) is 2.52. The molecule has 1 fully saturated rings. The highest BCUT2D eigenvalue weighted by molar-refractivity contribution is 5.87. The molecule has 2 aliphatic rings. The number of allylic oxidation sites excluding steroid dienone is 6. The number of esters is 1. The lowest BCUT2D eigenvalue weighted by Crippen LogP contribution is -2.47. The molecule has 1 saturated heterocycles. The van der Waals surface area contributed by atoms with E-state index in [4.69, 9.17) is 9.47 Å². The number of cyclic esters (lactones) is 1. The number of carbonyl (C=O) groups is 2. The molecule has 2 bridgehead atoms. The van der Waals surface area contributed by atoms with Crippen LogP contribution in [0.5, 0.6) is 0 Å². The average Bonchev–Trinajstić information content (AvgIpc) is 3.18. The van der Waals surface area contributed by atoms with Crippen molar-refractivity contribution in [1.82, 2.24) is 0 Å². The van der Waals surface area contributed by atoms with Gasteiger partial charge in [0.25, 0.3) is 0 Å². The molecular weight excluding hydrogens is 753 g/mol. The number of aliphatic hydroxyl groups is 7. The molecule has 14 atom stereocenters. The third-order valence-corrected chi connectivity index (χ3v) is 12.4. The van der Waals surface area contributed by atoms with Crippen LogP contribution in [0.1, 0.15) is 133 Å². The fourth-order valence-corrected chi connectivity index (χ4v) is 7.60. The predicted molar refractivity (Wildman–Crippen MR) is 232 cm³/mol. The zero-order valence-corrected chi connectivity index (χ0v) is 37.5. The first-order valence-electron chi connectivity index (χ1n) is 21.8. The van der Waals surface area contributed by atoms with Crippen LogP contribution in [0.4, 0.5) is 0 Å². The molecule has 0 saturated carbocycles. The van der Waals surface area contributed by atoms with Gasteiger partial charge in [-0.05, 0) is 77.7 Å². The Morgan fingerprint density at radius 2 is 1.63 bits per heavy atom. The standard InChI is InChI=1S/C48H78O11/c1-11-39(49)37(10)43(53)27-45(55)44(54)25-30(3)24-35(8)46-28-42(52)32(5)16-14-12-13-15-31(4)41(51)26-38-19-18-36(9)48(57,59-38)22-21-29(2)23-34(7)40(50)20-17-33(6)47(56)58-46/h12-14,16-17,21,23,25,31-32,35-40,42-46,49-50,52-55,57H,11,15,18-20,22,24,26-28H2,1-10H3. The van der Waals surface area contributed by atoms with Crippen LogP contribution in [0.15, 0.2) is 70.9 Å². The van der Waals surface area contributed by atoms with Gasteiger partial charge in [0, 0.05) is 54.9 Å². The van der Waals surface area contributed by atoms with Crippen LogP contribution in [-0.4, -0.2) is 102 Å². The molecule has 59 heavy (non-hydrogen) atoms. The summed E-state index contributed by atoms with van der Waals surface area (Å²) in [5, 5.41) is 75.9. The smallest absolute Gasteiger partial charge is 0.333 e. The lowest BCUT2D eigenvalue weighted by atomic mass is 9.85. The van der Waals surface area contributed by atoms with Crippen molar-refractivity contribution in [3.8, 4) is 0 Å². The summed E-state index contributed by atoms with van der Waals surface area (Å²) in [6.45, 7) is 18.2. The van der Waals surface area contributed by atoms with Crippen molar-refractivity contribution in [2.45, 2.75) is 188 Å². The number of ether oxygens (including phenoxy) is 2. The maximum atomic E-state index is 13.5. The summed E-state index contributed by atoms with van der Waals surface area (Å²) in [5.74, 6) is -3.41. The Hall–Kier alpha value is -2.74. The van der Waals surface area contributed by atoms with Gasteiger partial charge in [-0.15, -0.1) is 0 Å². The molecule has 2 aliphatic heterocycles. The van der Waals surface area contributed by atoms with Crippen LogP contribution >= 0.6 is 0 Å². The maximum Gasteiger partial charge on any atom is 0.333 e. The quantitative estimate of drug-likeness (QED) is 0.0912. The largest absolute Gasteiger partial charge is 0.459 e. The number of rotatable bonds is 10. The summed E-state index contributed by atoms with van der Waals surface area (Å²) in [6, 6.07) is 0. The number of ketones is 1.